The van der Waals surface area contributed by atoms with E-state index in [9.17, 15) is 9.59 Å². The number of amides is 3. The molecule has 0 spiro atoms. The monoisotopic (exact) mass is 283 g/mol. The molecule has 6 nitrogen and oxygen atoms in total. The van der Waals surface area contributed by atoms with Crippen molar-refractivity contribution in [2.45, 2.75) is 45.3 Å². The van der Waals surface area contributed by atoms with Gasteiger partial charge in [0.05, 0.1) is 12.2 Å². The van der Waals surface area contributed by atoms with E-state index < -0.39 is 5.54 Å². The van der Waals surface area contributed by atoms with Crippen LogP contribution >= 0.6 is 0 Å². The minimum Gasteiger partial charge on any atom is -0.373 e. The van der Waals surface area contributed by atoms with E-state index in [0.717, 1.165) is 32.7 Å². The Bertz CT molecular complexity index is 406. The summed E-state index contributed by atoms with van der Waals surface area (Å²) in [5.74, 6) is -0.134. The van der Waals surface area contributed by atoms with Crippen LogP contribution < -0.4 is 5.32 Å². The van der Waals surface area contributed by atoms with Gasteiger partial charge in [-0.15, -0.1) is 0 Å². The van der Waals surface area contributed by atoms with Crippen molar-refractivity contribution in [1.82, 2.24) is 15.1 Å². The van der Waals surface area contributed by atoms with Crippen LogP contribution in [0, 0.1) is 0 Å². The van der Waals surface area contributed by atoms with Gasteiger partial charge in [-0.1, -0.05) is 0 Å². The van der Waals surface area contributed by atoms with Crippen LogP contribution in [0.5, 0.6) is 0 Å². The van der Waals surface area contributed by atoms with Gasteiger partial charge in [0.2, 0.25) is 0 Å². The topological polar surface area (TPSA) is 61.9 Å². The van der Waals surface area contributed by atoms with Crippen LogP contribution in [0.25, 0.3) is 0 Å². The van der Waals surface area contributed by atoms with Crippen LogP contribution in [0.4, 0.5) is 4.79 Å². The quantitative estimate of drug-likeness (QED) is 0.776. The van der Waals surface area contributed by atoms with Gasteiger partial charge in [-0.2, -0.15) is 0 Å². The number of morpholine rings is 1. The summed E-state index contributed by atoms with van der Waals surface area (Å²) in [6, 6.07) is -0.276. The van der Waals surface area contributed by atoms with Gasteiger partial charge in [-0.25, -0.2) is 4.79 Å². The summed E-state index contributed by atoms with van der Waals surface area (Å²) in [5.41, 5.74) is -0.876. The maximum atomic E-state index is 12.0. The van der Waals surface area contributed by atoms with Crippen molar-refractivity contribution < 1.29 is 14.3 Å². The maximum Gasteiger partial charge on any atom is 0.325 e. The Morgan fingerprint density at radius 1 is 1.20 bits per heavy atom. The molecule has 2 fully saturated rings. The summed E-state index contributed by atoms with van der Waals surface area (Å²) in [7, 11) is 0. The highest BCUT2D eigenvalue weighted by atomic mass is 16.5. The number of carbonyl (C=O) groups is 2. The van der Waals surface area contributed by atoms with E-state index in [0.29, 0.717) is 6.54 Å². The van der Waals surface area contributed by atoms with Crippen LogP contribution in [0.15, 0.2) is 0 Å². The van der Waals surface area contributed by atoms with Crippen molar-refractivity contribution in [2.24, 2.45) is 0 Å². The smallest absolute Gasteiger partial charge is 0.325 e. The molecule has 0 aromatic rings. The number of hydrogen-bond donors (Lipinski definition) is 1. The molecule has 0 unspecified atom stereocenters. The van der Waals surface area contributed by atoms with E-state index in [-0.39, 0.29) is 17.5 Å². The van der Waals surface area contributed by atoms with E-state index in [2.05, 4.69) is 24.1 Å². The van der Waals surface area contributed by atoms with Crippen molar-refractivity contribution in [3.63, 3.8) is 0 Å². The Hall–Kier alpha value is -1.14. The third-order valence-electron chi connectivity index (χ3n) is 3.81. The summed E-state index contributed by atoms with van der Waals surface area (Å²) in [4.78, 5) is 27.4. The zero-order valence-corrected chi connectivity index (χ0v) is 12.9. The number of nitrogens with zero attached hydrogens (tertiary/aromatic N) is 2. The molecule has 0 atom stereocenters. The Labute approximate surface area is 120 Å². The Balaban J connectivity index is 1.79. The van der Waals surface area contributed by atoms with E-state index in [1.165, 1.54) is 4.90 Å². The predicted molar refractivity (Wildman–Crippen MR) is 75.4 cm³/mol. The van der Waals surface area contributed by atoms with Gasteiger partial charge in [-0.05, 0) is 34.1 Å². The summed E-state index contributed by atoms with van der Waals surface area (Å²) in [6.07, 6.45) is 0.797. The molecular formula is C14H25N3O3. The predicted octanol–water partition coefficient (Wildman–Crippen LogP) is 0.818. The highest BCUT2D eigenvalue weighted by molar-refractivity contribution is 6.06. The molecule has 2 heterocycles. The van der Waals surface area contributed by atoms with E-state index in [1.807, 2.05) is 0 Å². The maximum absolute atomic E-state index is 12.0. The van der Waals surface area contributed by atoms with Gasteiger partial charge in [0.1, 0.15) is 5.54 Å². The first-order chi connectivity index (χ1) is 9.21. The summed E-state index contributed by atoms with van der Waals surface area (Å²) in [5, 5.41) is 2.70. The van der Waals surface area contributed by atoms with Gasteiger partial charge < -0.3 is 10.1 Å². The van der Waals surface area contributed by atoms with Gasteiger partial charge in [0, 0.05) is 26.2 Å². The van der Waals surface area contributed by atoms with Gasteiger partial charge in [0.15, 0.2) is 0 Å². The fourth-order valence-corrected chi connectivity index (χ4v) is 2.78. The van der Waals surface area contributed by atoms with Crippen molar-refractivity contribution in [3.8, 4) is 0 Å². The minimum atomic E-state index is -0.766. The number of hydrogen-bond acceptors (Lipinski definition) is 4. The van der Waals surface area contributed by atoms with Crippen LogP contribution in [-0.2, 0) is 9.53 Å². The van der Waals surface area contributed by atoms with Crippen LogP contribution in [0.2, 0.25) is 0 Å². The average molecular weight is 283 g/mol. The molecule has 2 saturated heterocycles. The molecule has 114 valence electrons. The lowest BCUT2D eigenvalue weighted by Crippen LogP contribution is -2.49. The van der Waals surface area contributed by atoms with Crippen LogP contribution in [-0.4, -0.2) is 65.7 Å². The molecule has 20 heavy (non-hydrogen) atoms. The number of nitrogens with one attached hydrogen (secondary N) is 1. The molecule has 0 saturated carbocycles. The SMILES string of the molecule is CC1(C)CN(CCCN2C(=O)NC(C)(C)C2=O)CCO1. The van der Waals surface area contributed by atoms with Crippen molar-refractivity contribution in [3.05, 3.63) is 0 Å². The highest BCUT2D eigenvalue weighted by Crippen LogP contribution is 2.18. The van der Waals surface area contributed by atoms with Crippen LogP contribution in [0.3, 0.4) is 0 Å². The molecule has 6 heteroatoms. The molecule has 0 radical (unpaired) electrons. The number of carbonyl (C=O) groups excluding carboxylic acids is 2. The molecule has 1 N–H and O–H groups in total. The Kier molecular flexibility index (Phi) is 4.07. The third-order valence-corrected chi connectivity index (χ3v) is 3.81. The fourth-order valence-electron chi connectivity index (χ4n) is 2.78. The average Bonchev–Trinajstić information content (AvgIpc) is 2.50. The lowest BCUT2D eigenvalue weighted by molar-refractivity contribution is -0.130. The summed E-state index contributed by atoms with van der Waals surface area (Å²) < 4.78 is 5.67. The number of ether oxygens (including phenoxy) is 1. The fraction of sp³-hybridized carbons (Fsp3) is 0.857. The van der Waals surface area contributed by atoms with E-state index in [4.69, 9.17) is 4.74 Å². The molecule has 2 aliphatic rings. The third kappa shape index (κ3) is 3.30. The second-order valence-corrected chi connectivity index (χ2v) is 6.75. The lowest BCUT2D eigenvalue weighted by atomic mass is 10.1. The molecular weight excluding hydrogens is 258 g/mol. The largest absolute Gasteiger partial charge is 0.373 e. The lowest BCUT2D eigenvalue weighted by Gasteiger charge is -2.38. The molecule has 3 amide bonds. The first-order valence-corrected chi connectivity index (χ1v) is 7.22. The molecule has 2 rings (SSSR count). The zero-order valence-electron chi connectivity index (χ0n) is 12.9. The number of urea groups is 1. The number of rotatable bonds is 4. The Morgan fingerprint density at radius 3 is 2.45 bits per heavy atom. The highest BCUT2D eigenvalue weighted by Gasteiger charge is 2.43. The number of imide groups is 1. The molecule has 2 aliphatic heterocycles. The normalized spacial score (nSPS) is 25.9. The van der Waals surface area contributed by atoms with E-state index >= 15 is 0 Å². The van der Waals surface area contributed by atoms with Gasteiger partial charge in [-0.3, -0.25) is 14.6 Å². The van der Waals surface area contributed by atoms with Crippen molar-refractivity contribution in [1.29, 1.82) is 0 Å². The van der Waals surface area contributed by atoms with Gasteiger partial charge >= 0.3 is 6.03 Å². The molecule has 0 bridgehead atoms. The van der Waals surface area contributed by atoms with E-state index in [1.54, 1.807) is 13.8 Å². The molecule has 0 aromatic carbocycles. The second kappa shape index (κ2) is 5.33. The molecule has 0 aromatic heterocycles. The first-order valence-electron chi connectivity index (χ1n) is 7.22. The minimum absolute atomic E-state index is 0.110. The zero-order chi connectivity index (χ0) is 15.0. The van der Waals surface area contributed by atoms with Crippen LogP contribution in [0.1, 0.15) is 34.1 Å². The molecule has 0 aliphatic carbocycles. The standard InChI is InChI=1S/C14H25N3O3/c1-13(2)10-16(8-9-20-13)6-5-7-17-11(18)14(3,4)15-12(17)19/h5-10H2,1-4H3,(H,15,19). The first kappa shape index (κ1) is 15.3. The summed E-state index contributed by atoms with van der Waals surface area (Å²) in [6.45, 7) is 11.5. The van der Waals surface area contributed by atoms with Gasteiger partial charge in [0.25, 0.3) is 5.91 Å². The summed E-state index contributed by atoms with van der Waals surface area (Å²) >= 11 is 0. The van der Waals surface area contributed by atoms with Crippen molar-refractivity contribution in [2.75, 3.05) is 32.8 Å². The van der Waals surface area contributed by atoms with Crippen molar-refractivity contribution >= 4 is 11.9 Å². The second-order valence-electron chi connectivity index (χ2n) is 6.75. The Morgan fingerprint density at radius 2 is 1.90 bits per heavy atom.